The molecule has 0 aliphatic rings. The molecule has 1 atom stereocenters. The Morgan fingerprint density at radius 1 is 1.14 bits per heavy atom. The van der Waals surface area contributed by atoms with Crippen molar-refractivity contribution >= 4 is 28.4 Å². The molecule has 1 heterocycles. The summed E-state index contributed by atoms with van der Waals surface area (Å²) in [4.78, 5) is 27.9. The fourth-order valence-electron chi connectivity index (χ4n) is 2.17. The molecule has 1 aromatic heterocycles. The van der Waals surface area contributed by atoms with E-state index in [-0.39, 0.29) is 17.7 Å². The van der Waals surface area contributed by atoms with E-state index < -0.39 is 6.04 Å². The lowest BCUT2D eigenvalue weighted by Crippen LogP contribution is -2.46. The molecule has 5 nitrogen and oxygen atoms in total. The number of carbonyl (C=O) groups excluding carboxylic acids is 2. The Labute approximate surface area is 123 Å². The second kappa shape index (κ2) is 6.35. The first-order valence-electron chi connectivity index (χ1n) is 6.90. The summed E-state index contributed by atoms with van der Waals surface area (Å²) in [6.45, 7) is 5.19. The lowest BCUT2D eigenvalue weighted by atomic mass is 10.0. The first-order chi connectivity index (χ1) is 9.99. The van der Waals surface area contributed by atoms with Crippen molar-refractivity contribution < 1.29 is 9.59 Å². The molecule has 1 aromatic carbocycles. The molecule has 1 unspecified atom stereocenters. The molecule has 2 N–H and O–H groups in total. The van der Waals surface area contributed by atoms with E-state index >= 15 is 0 Å². The van der Waals surface area contributed by atoms with Crippen LogP contribution in [0.4, 0.5) is 5.69 Å². The number of benzene rings is 1. The van der Waals surface area contributed by atoms with Gasteiger partial charge in [0.15, 0.2) is 0 Å². The van der Waals surface area contributed by atoms with Gasteiger partial charge in [0, 0.05) is 18.5 Å². The lowest BCUT2D eigenvalue weighted by molar-refractivity contribution is -0.126. The number of aromatic nitrogens is 1. The van der Waals surface area contributed by atoms with Gasteiger partial charge < -0.3 is 10.6 Å². The van der Waals surface area contributed by atoms with E-state index in [0.29, 0.717) is 5.69 Å². The topological polar surface area (TPSA) is 71.1 Å². The molecule has 5 heteroatoms. The zero-order chi connectivity index (χ0) is 15.4. The average Bonchev–Trinajstić information content (AvgIpc) is 2.44. The normalized spacial score (nSPS) is 12.2. The highest BCUT2D eigenvalue weighted by atomic mass is 16.2. The van der Waals surface area contributed by atoms with Crippen molar-refractivity contribution in [2.45, 2.75) is 26.8 Å². The van der Waals surface area contributed by atoms with Crippen LogP contribution in [0.15, 0.2) is 36.5 Å². The number of fused-ring (bicyclic) bond motifs is 1. The van der Waals surface area contributed by atoms with E-state index in [1.54, 1.807) is 12.3 Å². The van der Waals surface area contributed by atoms with Gasteiger partial charge in [-0.25, -0.2) is 0 Å². The Morgan fingerprint density at radius 3 is 2.52 bits per heavy atom. The Morgan fingerprint density at radius 2 is 1.86 bits per heavy atom. The highest BCUT2D eigenvalue weighted by Gasteiger charge is 2.23. The largest absolute Gasteiger partial charge is 0.344 e. The molecule has 21 heavy (non-hydrogen) atoms. The van der Waals surface area contributed by atoms with Crippen LogP contribution in [0, 0.1) is 5.92 Å². The number of anilines is 1. The number of pyridine rings is 1. The van der Waals surface area contributed by atoms with Gasteiger partial charge in [0.1, 0.15) is 6.04 Å². The third-order valence-electron chi connectivity index (χ3n) is 3.20. The van der Waals surface area contributed by atoms with Crippen LogP contribution < -0.4 is 10.6 Å². The maximum atomic E-state index is 12.4. The molecule has 0 radical (unpaired) electrons. The Kier molecular flexibility index (Phi) is 4.52. The van der Waals surface area contributed by atoms with Crippen LogP contribution in [0.25, 0.3) is 10.9 Å². The SMILES string of the molecule is CC(=O)NC(C(=O)Nc1cccc2cccnc12)C(C)C. The number of hydrogen-bond acceptors (Lipinski definition) is 3. The van der Waals surface area contributed by atoms with Crippen molar-refractivity contribution in [3.8, 4) is 0 Å². The van der Waals surface area contributed by atoms with E-state index in [9.17, 15) is 9.59 Å². The van der Waals surface area contributed by atoms with E-state index in [1.807, 2.05) is 38.1 Å². The summed E-state index contributed by atoms with van der Waals surface area (Å²) in [6.07, 6.45) is 1.69. The van der Waals surface area contributed by atoms with Crippen molar-refractivity contribution in [1.29, 1.82) is 0 Å². The summed E-state index contributed by atoms with van der Waals surface area (Å²) in [6, 6.07) is 8.82. The molecule has 2 rings (SSSR count). The highest BCUT2D eigenvalue weighted by molar-refractivity contribution is 6.03. The van der Waals surface area contributed by atoms with Gasteiger partial charge in [-0.05, 0) is 18.1 Å². The number of nitrogens with one attached hydrogen (secondary N) is 2. The van der Waals surface area contributed by atoms with Crippen LogP contribution in [-0.2, 0) is 9.59 Å². The van der Waals surface area contributed by atoms with Crippen molar-refractivity contribution in [2.75, 3.05) is 5.32 Å². The van der Waals surface area contributed by atoms with Crippen molar-refractivity contribution in [3.05, 3.63) is 36.5 Å². The lowest BCUT2D eigenvalue weighted by Gasteiger charge is -2.21. The molecule has 0 saturated carbocycles. The summed E-state index contributed by atoms with van der Waals surface area (Å²) >= 11 is 0. The van der Waals surface area contributed by atoms with Crippen LogP contribution in [0.2, 0.25) is 0 Å². The minimum Gasteiger partial charge on any atom is -0.344 e. The number of amides is 2. The predicted octanol–water partition coefficient (Wildman–Crippen LogP) is 2.33. The minimum absolute atomic E-state index is 0.00293. The van der Waals surface area contributed by atoms with E-state index in [0.717, 1.165) is 10.9 Å². The fourth-order valence-corrected chi connectivity index (χ4v) is 2.17. The highest BCUT2D eigenvalue weighted by Crippen LogP contribution is 2.21. The van der Waals surface area contributed by atoms with Gasteiger partial charge in [-0.1, -0.05) is 32.0 Å². The number of hydrogen-bond donors (Lipinski definition) is 2. The second-order valence-electron chi connectivity index (χ2n) is 5.29. The first kappa shape index (κ1) is 15.0. The summed E-state index contributed by atoms with van der Waals surface area (Å²) in [7, 11) is 0. The molecule has 0 bridgehead atoms. The maximum Gasteiger partial charge on any atom is 0.247 e. The summed E-state index contributed by atoms with van der Waals surface area (Å²) in [5, 5.41) is 6.49. The smallest absolute Gasteiger partial charge is 0.247 e. The van der Waals surface area contributed by atoms with Crippen LogP contribution in [0.3, 0.4) is 0 Å². The summed E-state index contributed by atoms with van der Waals surface area (Å²) in [5.74, 6) is -0.463. The van der Waals surface area contributed by atoms with Crippen molar-refractivity contribution in [1.82, 2.24) is 10.3 Å². The first-order valence-corrected chi connectivity index (χ1v) is 6.90. The number of rotatable bonds is 4. The minimum atomic E-state index is -0.568. The molecule has 0 aliphatic carbocycles. The number of carbonyl (C=O) groups is 2. The molecule has 0 aliphatic heterocycles. The summed E-state index contributed by atoms with van der Waals surface area (Å²) in [5.41, 5.74) is 1.38. The van der Waals surface area contributed by atoms with Gasteiger partial charge in [0.05, 0.1) is 11.2 Å². The quantitative estimate of drug-likeness (QED) is 0.905. The fraction of sp³-hybridized carbons (Fsp3) is 0.312. The molecule has 0 saturated heterocycles. The van der Waals surface area contributed by atoms with Gasteiger partial charge in [0.2, 0.25) is 11.8 Å². The van der Waals surface area contributed by atoms with Crippen molar-refractivity contribution in [2.24, 2.45) is 5.92 Å². The summed E-state index contributed by atoms with van der Waals surface area (Å²) < 4.78 is 0. The maximum absolute atomic E-state index is 12.4. The third kappa shape index (κ3) is 3.56. The van der Waals surface area contributed by atoms with Crippen LogP contribution in [0.1, 0.15) is 20.8 Å². The molecule has 2 amide bonds. The van der Waals surface area contributed by atoms with E-state index in [2.05, 4.69) is 15.6 Å². The standard InChI is InChI=1S/C16H19N3O2/c1-10(2)14(18-11(3)20)16(21)19-13-8-4-6-12-7-5-9-17-15(12)13/h4-10,14H,1-3H3,(H,18,20)(H,19,21). The molecule has 2 aromatic rings. The van der Waals surface area contributed by atoms with Gasteiger partial charge in [0.25, 0.3) is 0 Å². The number of para-hydroxylation sites is 1. The molecule has 0 spiro atoms. The van der Waals surface area contributed by atoms with E-state index in [1.165, 1.54) is 6.92 Å². The van der Waals surface area contributed by atoms with Gasteiger partial charge in [-0.15, -0.1) is 0 Å². The molecular formula is C16H19N3O2. The Hall–Kier alpha value is -2.43. The Bertz CT molecular complexity index is 662. The van der Waals surface area contributed by atoms with E-state index in [4.69, 9.17) is 0 Å². The van der Waals surface area contributed by atoms with Gasteiger partial charge in [-0.2, -0.15) is 0 Å². The molecular weight excluding hydrogens is 266 g/mol. The Balaban J connectivity index is 2.26. The zero-order valence-corrected chi connectivity index (χ0v) is 12.4. The number of nitrogens with zero attached hydrogens (tertiary/aromatic N) is 1. The van der Waals surface area contributed by atoms with Gasteiger partial charge in [-0.3, -0.25) is 14.6 Å². The van der Waals surface area contributed by atoms with Crippen LogP contribution in [0.5, 0.6) is 0 Å². The third-order valence-corrected chi connectivity index (χ3v) is 3.20. The van der Waals surface area contributed by atoms with Crippen molar-refractivity contribution in [3.63, 3.8) is 0 Å². The zero-order valence-electron chi connectivity index (χ0n) is 12.4. The molecule has 110 valence electrons. The second-order valence-corrected chi connectivity index (χ2v) is 5.29. The average molecular weight is 285 g/mol. The van der Waals surface area contributed by atoms with Crippen LogP contribution in [-0.4, -0.2) is 22.8 Å². The van der Waals surface area contributed by atoms with Crippen LogP contribution >= 0.6 is 0 Å². The predicted molar refractivity (Wildman–Crippen MR) is 82.8 cm³/mol. The van der Waals surface area contributed by atoms with Gasteiger partial charge >= 0.3 is 0 Å². The monoisotopic (exact) mass is 285 g/mol. The molecule has 0 fully saturated rings.